The maximum atomic E-state index is 9.85. The van der Waals surface area contributed by atoms with Crippen molar-refractivity contribution < 1.29 is 5.11 Å². The molecule has 1 N–H and O–H groups in total. The van der Waals surface area contributed by atoms with Crippen molar-refractivity contribution in [1.29, 1.82) is 0 Å². The Balaban J connectivity index is 2.47. The van der Waals surface area contributed by atoms with Gasteiger partial charge in [0.15, 0.2) is 0 Å². The number of aliphatic hydroxyl groups is 1. The molecule has 0 amide bonds. The molecule has 1 aromatic heterocycles. The van der Waals surface area contributed by atoms with Crippen molar-refractivity contribution in [2.75, 3.05) is 0 Å². The standard InChI is InChI=1S/C11H13N3O/c1-2-11(15)9-5-3-4-6-10(9)14-8-12-7-13-14/h3-8,11,15H,2H2,1H3/t11-/m0/s1. The fourth-order valence-electron chi connectivity index (χ4n) is 1.53. The topological polar surface area (TPSA) is 50.9 Å². The molecule has 2 rings (SSSR count). The van der Waals surface area contributed by atoms with E-state index in [9.17, 15) is 5.11 Å². The number of para-hydroxylation sites is 1. The zero-order valence-corrected chi connectivity index (χ0v) is 8.54. The molecular formula is C11H13N3O. The van der Waals surface area contributed by atoms with Crippen LogP contribution in [0.5, 0.6) is 0 Å². The maximum Gasteiger partial charge on any atom is 0.138 e. The minimum Gasteiger partial charge on any atom is -0.388 e. The third kappa shape index (κ3) is 1.89. The first-order valence-electron chi connectivity index (χ1n) is 4.95. The minimum absolute atomic E-state index is 0.453. The monoisotopic (exact) mass is 203 g/mol. The summed E-state index contributed by atoms with van der Waals surface area (Å²) in [6, 6.07) is 7.66. The molecule has 2 aromatic rings. The number of nitrogens with zero attached hydrogens (tertiary/aromatic N) is 3. The van der Waals surface area contributed by atoms with Crippen LogP contribution in [0.1, 0.15) is 25.0 Å². The quantitative estimate of drug-likeness (QED) is 0.826. The number of hydrogen-bond donors (Lipinski definition) is 1. The minimum atomic E-state index is -0.453. The second-order valence-electron chi connectivity index (χ2n) is 3.32. The summed E-state index contributed by atoms with van der Waals surface area (Å²) in [5.41, 5.74) is 1.76. The second-order valence-corrected chi connectivity index (χ2v) is 3.32. The molecule has 0 bridgehead atoms. The van der Waals surface area contributed by atoms with E-state index in [0.717, 1.165) is 11.3 Å². The third-order valence-electron chi connectivity index (χ3n) is 2.35. The lowest BCUT2D eigenvalue weighted by atomic mass is 10.1. The average Bonchev–Trinajstić information content (AvgIpc) is 2.81. The van der Waals surface area contributed by atoms with Gasteiger partial charge in [-0.05, 0) is 12.5 Å². The molecule has 0 unspecified atom stereocenters. The Kier molecular flexibility index (Phi) is 2.78. The average molecular weight is 203 g/mol. The van der Waals surface area contributed by atoms with Crippen molar-refractivity contribution in [3.63, 3.8) is 0 Å². The van der Waals surface area contributed by atoms with E-state index in [1.165, 1.54) is 6.33 Å². The normalized spacial score (nSPS) is 12.7. The highest BCUT2D eigenvalue weighted by atomic mass is 16.3. The van der Waals surface area contributed by atoms with Gasteiger partial charge in [-0.3, -0.25) is 0 Å². The molecule has 4 nitrogen and oxygen atoms in total. The Morgan fingerprint density at radius 1 is 1.40 bits per heavy atom. The van der Waals surface area contributed by atoms with Crippen molar-refractivity contribution in [2.45, 2.75) is 19.4 Å². The summed E-state index contributed by atoms with van der Waals surface area (Å²) in [5, 5.41) is 13.9. The lowest BCUT2D eigenvalue weighted by molar-refractivity contribution is 0.173. The molecule has 1 heterocycles. The molecule has 0 saturated heterocycles. The highest BCUT2D eigenvalue weighted by Crippen LogP contribution is 2.22. The summed E-state index contributed by atoms with van der Waals surface area (Å²) >= 11 is 0. The first-order valence-corrected chi connectivity index (χ1v) is 4.95. The first-order chi connectivity index (χ1) is 7.33. The van der Waals surface area contributed by atoms with E-state index in [-0.39, 0.29) is 0 Å². The highest BCUT2D eigenvalue weighted by molar-refractivity contribution is 5.41. The number of aromatic nitrogens is 3. The van der Waals surface area contributed by atoms with Crippen LogP contribution in [-0.4, -0.2) is 19.9 Å². The van der Waals surface area contributed by atoms with E-state index >= 15 is 0 Å². The molecule has 1 atom stereocenters. The SMILES string of the molecule is CC[C@H](O)c1ccccc1-n1cncn1. The van der Waals surface area contributed by atoms with E-state index in [4.69, 9.17) is 0 Å². The summed E-state index contributed by atoms with van der Waals surface area (Å²) < 4.78 is 1.66. The van der Waals surface area contributed by atoms with Crippen LogP contribution in [0.3, 0.4) is 0 Å². The predicted molar refractivity (Wildman–Crippen MR) is 56.6 cm³/mol. The summed E-state index contributed by atoms with van der Waals surface area (Å²) in [6.07, 6.45) is 3.34. The molecule has 1 aromatic carbocycles. The first kappa shape index (κ1) is 9.86. The van der Waals surface area contributed by atoms with Gasteiger partial charge in [0.2, 0.25) is 0 Å². The summed E-state index contributed by atoms with van der Waals surface area (Å²) in [7, 11) is 0. The Labute approximate surface area is 88.2 Å². The Morgan fingerprint density at radius 2 is 2.20 bits per heavy atom. The van der Waals surface area contributed by atoms with Gasteiger partial charge in [0.05, 0.1) is 11.8 Å². The molecule has 0 radical (unpaired) electrons. The van der Waals surface area contributed by atoms with Crippen LogP contribution in [-0.2, 0) is 0 Å². The zero-order chi connectivity index (χ0) is 10.7. The smallest absolute Gasteiger partial charge is 0.138 e. The van der Waals surface area contributed by atoms with Gasteiger partial charge >= 0.3 is 0 Å². The van der Waals surface area contributed by atoms with Gasteiger partial charge < -0.3 is 5.11 Å². The van der Waals surface area contributed by atoms with Gasteiger partial charge in [0.25, 0.3) is 0 Å². The molecule has 15 heavy (non-hydrogen) atoms. The van der Waals surface area contributed by atoms with Gasteiger partial charge in [-0.2, -0.15) is 5.10 Å². The number of rotatable bonds is 3. The van der Waals surface area contributed by atoms with Crippen LogP contribution in [0.4, 0.5) is 0 Å². The van der Waals surface area contributed by atoms with Crippen molar-refractivity contribution in [1.82, 2.24) is 14.8 Å². The zero-order valence-electron chi connectivity index (χ0n) is 8.54. The van der Waals surface area contributed by atoms with E-state index in [1.54, 1.807) is 11.0 Å². The van der Waals surface area contributed by atoms with Crippen molar-refractivity contribution in [3.8, 4) is 5.69 Å². The van der Waals surface area contributed by atoms with Crippen LogP contribution in [0.15, 0.2) is 36.9 Å². The van der Waals surface area contributed by atoms with Crippen molar-refractivity contribution in [3.05, 3.63) is 42.5 Å². The largest absolute Gasteiger partial charge is 0.388 e. The van der Waals surface area contributed by atoms with Gasteiger partial charge in [-0.1, -0.05) is 25.1 Å². The maximum absolute atomic E-state index is 9.85. The van der Waals surface area contributed by atoms with Gasteiger partial charge in [0.1, 0.15) is 12.7 Å². The van der Waals surface area contributed by atoms with Crippen LogP contribution in [0.25, 0.3) is 5.69 Å². The van der Waals surface area contributed by atoms with E-state index < -0.39 is 6.10 Å². The summed E-state index contributed by atoms with van der Waals surface area (Å²) in [6.45, 7) is 1.95. The molecule has 4 heteroatoms. The molecular weight excluding hydrogens is 190 g/mol. The molecule has 0 aliphatic carbocycles. The molecule has 0 saturated carbocycles. The fraction of sp³-hybridized carbons (Fsp3) is 0.273. The summed E-state index contributed by atoms with van der Waals surface area (Å²) in [5.74, 6) is 0. The van der Waals surface area contributed by atoms with Gasteiger partial charge in [0, 0.05) is 5.56 Å². The number of hydrogen-bond acceptors (Lipinski definition) is 3. The fourth-order valence-corrected chi connectivity index (χ4v) is 1.53. The summed E-state index contributed by atoms with van der Waals surface area (Å²) in [4.78, 5) is 3.90. The van der Waals surface area contributed by atoms with Crippen LogP contribution >= 0.6 is 0 Å². The number of aliphatic hydroxyl groups excluding tert-OH is 1. The van der Waals surface area contributed by atoms with Crippen LogP contribution in [0, 0.1) is 0 Å². The highest BCUT2D eigenvalue weighted by Gasteiger charge is 2.11. The van der Waals surface area contributed by atoms with Gasteiger partial charge in [-0.25, -0.2) is 9.67 Å². The second kappa shape index (κ2) is 4.23. The van der Waals surface area contributed by atoms with E-state index in [0.29, 0.717) is 6.42 Å². The molecule has 0 aliphatic rings. The lowest BCUT2D eigenvalue weighted by Gasteiger charge is -2.13. The van der Waals surface area contributed by atoms with Crippen molar-refractivity contribution in [2.24, 2.45) is 0 Å². The molecule has 0 fully saturated rings. The molecule has 0 spiro atoms. The predicted octanol–water partition coefficient (Wildman–Crippen LogP) is 1.71. The van der Waals surface area contributed by atoms with E-state index in [2.05, 4.69) is 10.1 Å². The lowest BCUT2D eigenvalue weighted by Crippen LogP contribution is -2.04. The molecule has 78 valence electrons. The van der Waals surface area contributed by atoms with Gasteiger partial charge in [-0.15, -0.1) is 0 Å². The Morgan fingerprint density at radius 3 is 2.87 bits per heavy atom. The van der Waals surface area contributed by atoms with Crippen LogP contribution in [0.2, 0.25) is 0 Å². The van der Waals surface area contributed by atoms with E-state index in [1.807, 2.05) is 31.2 Å². The Hall–Kier alpha value is -1.68. The molecule has 0 aliphatic heterocycles. The number of benzene rings is 1. The Bertz CT molecular complexity index is 425. The van der Waals surface area contributed by atoms with Crippen molar-refractivity contribution >= 4 is 0 Å². The third-order valence-corrected chi connectivity index (χ3v) is 2.35. The van der Waals surface area contributed by atoms with Crippen LogP contribution < -0.4 is 0 Å².